The van der Waals surface area contributed by atoms with Gasteiger partial charge >= 0.3 is 0 Å². The Hall–Kier alpha value is -1.22. The maximum absolute atomic E-state index is 11.1. The molecule has 3 nitrogen and oxygen atoms in total. The summed E-state index contributed by atoms with van der Waals surface area (Å²) in [7, 11) is 0. The van der Waals surface area contributed by atoms with Gasteiger partial charge in [-0.15, -0.1) is 0 Å². The van der Waals surface area contributed by atoms with Crippen LogP contribution in [0, 0.1) is 5.92 Å². The van der Waals surface area contributed by atoms with Crippen LogP contribution >= 0.6 is 11.6 Å². The fraction of sp³-hybridized carbons (Fsp3) is 0.364. The average Bonchev–Trinajstić information content (AvgIpc) is 2.13. The van der Waals surface area contributed by atoms with Gasteiger partial charge in [-0.05, 0) is 18.1 Å². The number of carbonyl (C=O) groups is 1. The molecule has 0 heterocycles. The third kappa shape index (κ3) is 3.13. The highest BCUT2D eigenvalue weighted by molar-refractivity contribution is 6.34. The molecule has 4 heteroatoms. The summed E-state index contributed by atoms with van der Waals surface area (Å²) in [6.07, 6.45) is 0. The molecule has 0 radical (unpaired) electrons. The summed E-state index contributed by atoms with van der Waals surface area (Å²) < 4.78 is 5.46. The molecule has 0 atom stereocenters. The van der Waals surface area contributed by atoms with Crippen molar-refractivity contribution in [3.05, 3.63) is 28.8 Å². The van der Waals surface area contributed by atoms with E-state index in [9.17, 15) is 4.79 Å². The van der Waals surface area contributed by atoms with Crippen molar-refractivity contribution < 1.29 is 9.53 Å². The van der Waals surface area contributed by atoms with Crippen LogP contribution in [0.3, 0.4) is 0 Å². The first-order chi connectivity index (χ1) is 7.02. The lowest BCUT2D eigenvalue weighted by Crippen LogP contribution is -2.15. The van der Waals surface area contributed by atoms with Crippen molar-refractivity contribution in [2.45, 2.75) is 13.8 Å². The van der Waals surface area contributed by atoms with Gasteiger partial charge in [-0.1, -0.05) is 31.5 Å². The molecule has 2 N–H and O–H groups in total. The maximum Gasteiger partial charge on any atom is 0.253 e. The molecule has 1 amide bonds. The molecule has 1 rings (SSSR count). The maximum atomic E-state index is 11.1. The summed E-state index contributed by atoms with van der Waals surface area (Å²) in [5.74, 6) is 0.257. The van der Waals surface area contributed by atoms with Gasteiger partial charge in [0.15, 0.2) is 0 Å². The third-order valence-electron chi connectivity index (χ3n) is 1.79. The van der Waals surface area contributed by atoms with Crippen LogP contribution in [0.25, 0.3) is 0 Å². The van der Waals surface area contributed by atoms with Crippen molar-refractivity contribution in [3.8, 4) is 5.75 Å². The van der Waals surface area contributed by atoms with Gasteiger partial charge in [0.05, 0.1) is 17.2 Å². The number of hydrogen-bond acceptors (Lipinski definition) is 2. The van der Waals surface area contributed by atoms with Crippen LogP contribution < -0.4 is 10.5 Å². The van der Waals surface area contributed by atoms with Gasteiger partial charge < -0.3 is 10.5 Å². The second-order valence-corrected chi connectivity index (χ2v) is 4.09. The molecule has 0 fully saturated rings. The molecule has 0 bridgehead atoms. The van der Waals surface area contributed by atoms with Crippen LogP contribution in [0.4, 0.5) is 0 Å². The van der Waals surface area contributed by atoms with Gasteiger partial charge in [0.1, 0.15) is 5.75 Å². The lowest BCUT2D eigenvalue weighted by atomic mass is 10.2. The third-order valence-corrected chi connectivity index (χ3v) is 2.11. The summed E-state index contributed by atoms with van der Waals surface area (Å²) in [5.41, 5.74) is 5.47. The van der Waals surface area contributed by atoms with Crippen molar-refractivity contribution in [2.24, 2.45) is 11.7 Å². The SMILES string of the molecule is CC(C)COc1cccc(Cl)c1C(N)=O. The molecule has 0 aromatic heterocycles. The summed E-state index contributed by atoms with van der Waals surface area (Å²) in [4.78, 5) is 11.1. The molecule has 0 aliphatic heterocycles. The largest absolute Gasteiger partial charge is 0.492 e. The first kappa shape index (κ1) is 11.9. The van der Waals surface area contributed by atoms with E-state index in [1.54, 1.807) is 18.2 Å². The van der Waals surface area contributed by atoms with E-state index in [2.05, 4.69) is 0 Å². The minimum absolute atomic E-state index is 0.250. The van der Waals surface area contributed by atoms with Crippen LogP contribution in [0.15, 0.2) is 18.2 Å². The molecule has 0 saturated carbocycles. The highest BCUT2D eigenvalue weighted by Gasteiger charge is 2.13. The van der Waals surface area contributed by atoms with Crippen molar-refractivity contribution in [2.75, 3.05) is 6.61 Å². The van der Waals surface area contributed by atoms with E-state index in [0.29, 0.717) is 23.3 Å². The molecule has 82 valence electrons. The fourth-order valence-corrected chi connectivity index (χ4v) is 1.38. The Morgan fingerprint density at radius 2 is 2.20 bits per heavy atom. The zero-order valence-corrected chi connectivity index (χ0v) is 9.54. The topological polar surface area (TPSA) is 52.3 Å². The minimum atomic E-state index is -0.570. The highest BCUT2D eigenvalue weighted by atomic mass is 35.5. The van der Waals surface area contributed by atoms with Crippen molar-refractivity contribution in [1.82, 2.24) is 0 Å². The summed E-state index contributed by atoms with van der Waals surface area (Å²) >= 11 is 5.86. The second kappa shape index (κ2) is 5.03. The standard InChI is InChI=1S/C11H14ClNO2/c1-7(2)6-15-9-5-3-4-8(12)10(9)11(13)14/h3-5,7H,6H2,1-2H3,(H2,13,14). The molecule has 1 aromatic rings. The van der Waals surface area contributed by atoms with Crippen molar-refractivity contribution >= 4 is 17.5 Å². The van der Waals surface area contributed by atoms with Gasteiger partial charge in [-0.3, -0.25) is 4.79 Å². The number of ether oxygens (including phenoxy) is 1. The van der Waals surface area contributed by atoms with Crippen molar-refractivity contribution in [1.29, 1.82) is 0 Å². The number of primary amides is 1. The van der Waals surface area contributed by atoms with Crippen LogP contribution in [-0.4, -0.2) is 12.5 Å². The molecule has 0 spiro atoms. The Morgan fingerprint density at radius 1 is 1.53 bits per heavy atom. The van der Waals surface area contributed by atoms with E-state index in [0.717, 1.165) is 0 Å². The number of amides is 1. The molecule has 0 unspecified atom stereocenters. The average molecular weight is 228 g/mol. The molecule has 0 aliphatic rings. The molecule has 1 aromatic carbocycles. The lowest BCUT2D eigenvalue weighted by molar-refractivity contribution is 0.0995. The molecule has 0 aliphatic carbocycles. The molecular weight excluding hydrogens is 214 g/mol. The first-order valence-electron chi connectivity index (χ1n) is 4.73. The Bertz CT molecular complexity index is 364. The van der Waals surface area contributed by atoms with Crippen LogP contribution in [0.5, 0.6) is 5.75 Å². The Balaban J connectivity index is 2.96. The van der Waals surface area contributed by atoms with E-state index in [-0.39, 0.29) is 5.56 Å². The summed E-state index contributed by atoms with van der Waals surface area (Å²) in [5, 5.41) is 0.323. The van der Waals surface area contributed by atoms with Crippen LogP contribution in [-0.2, 0) is 0 Å². The highest BCUT2D eigenvalue weighted by Crippen LogP contribution is 2.26. The van der Waals surface area contributed by atoms with E-state index in [1.165, 1.54) is 0 Å². The predicted octanol–water partition coefficient (Wildman–Crippen LogP) is 2.47. The van der Waals surface area contributed by atoms with E-state index >= 15 is 0 Å². The Labute approximate surface area is 94.2 Å². The number of carbonyl (C=O) groups excluding carboxylic acids is 1. The molecule has 0 saturated heterocycles. The predicted molar refractivity (Wildman–Crippen MR) is 60.3 cm³/mol. The van der Waals surface area contributed by atoms with Gasteiger partial charge in [0.2, 0.25) is 0 Å². The number of halogens is 1. The van der Waals surface area contributed by atoms with E-state index in [1.807, 2.05) is 13.8 Å². The second-order valence-electron chi connectivity index (χ2n) is 3.68. The summed E-state index contributed by atoms with van der Waals surface area (Å²) in [6.45, 7) is 4.57. The Morgan fingerprint density at radius 3 is 2.73 bits per heavy atom. The first-order valence-corrected chi connectivity index (χ1v) is 5.11. The molecule has 15 heavy (non-hydrogen) atoms. The smallest absolute Gasteiger partial charge is 0.253 e. The van der Waals surface area contributed by atoms with Crippen LogP contribution in [0.1, 0.15) is 24.2 Å². The van der Waals surface area contributed by atoms with Gasteiger partial charge in [-0.25, -0.2) is 0 Å². The number of benzene rings is 1. The monoisotopic (exact) mass is 227 g/mol. The summed E-state index contributed by atoms with van der Waals surface area (Å²) in [6, 6.07) is 5.03. The van der Waals surface area contributed by atoms with Gasteiger partial charge in [-0.2, -0.15) is 0 Å². The van der Waals surface area contributed by atoms with Gasteiger partial charge in [0.25, 0.3) is 5.91 Å². The zero-order valence-electron chi connectivity index (χ0n) is 8.79. The number of rotatable bonds is 4. The van der Waals surface area contributed by atoms with E-state index < -0.39 is 5.91 Å². The van der Waals surface area contributed by atoms with Crippen LogP contribution in [0.2, 0.25) is 5.02 Å². The normalized spacial score (nSPS) is 10.4. The zero-order chi connectivity index (χ0) is 11.4. The number of hydrogen-bond donors (Lipinski definition) is 1. The lowest BCUT2D eigenvalue weighted by Gasteiger charge is -2.12. The minimum Gasteiger partial charge on any atom is -0.492 e. The number of nitrogens with two attached hydrogens (primary N) is 1. The molecular formula is C11H14ClNO2. The fourth-order valence-electron chi connectivity index (χ4n) is 1.12. The van der Waals surface area contributed by atoms with Gasteiger partial charge in [0, 0.05) is 0 Å². The van der Waals surface area contributed by atoms with E-state index in [4.69, 9.17) is 22.1 Å². The van der Waals surface area contributed by atoms with Crippen molar-refractivity contribution in [3.63, 3.8) is 0 Å². The Kier molecular flexibility index (Phi) is 3.97. The quantitative estimate of drug-likeness (QED) is 0.859.